The molecular formula is C14H23N3S. The second-order valence-corrected chi connectivity index (χ2v) is 5.80. The van der Waals surface area contributed by atoms with Gasteiger partial charge in [-0.1, -0.05) is 17.7 Å². The van der Waals surface area contributed by atoms with E-state index in [-0.39, 0.29) is 0 Å². The largest absolute Gasteiger partial charge is 0.349 e. The Morgan fingerprint density at radius 1 is 1.06 bits per heavy atom. The van der Waals surface area contributed by atoms with Gasteiger partial charge in [0.1, 0.15) is 0 Å². The zero-order valence-electron chi connectivity index (χ0n) is 12.0. The maximum Gasteiger partial charge on any atom is 0.195 e. The maximum absolute atomic E-state index is 4.60. The van der Waals surface area contributed by atoms with Crippen molar-refractivity contribution < 1.29 is 0 Å². The Morgan fingerprint density at radius 2 is 1.61 bits per heavy atom. The molecule has 0 aliphatic carbocycles. The molecule has 0 aliphatic rings. The Balaban J connectivity index is 2.41. The third kappa shape index (κ3) is 5.00. The highest BCUT2D eigenvalue weighted by Crippen LogP contribution is 2.17. The first-order valence-electron chi connectivity index (χ1n) is 6.09. The van der Waals surface area contributed by atoms with Crippen molar-refractivity contribution in [2.24, 2.45) is 4.99 Å². The molecule has 3 nitrogen and oxygen atoms in total. The molecule has 4 heteroatoms. The molecule has 0 radical (unpaired) electrons. The van der Waals surface area contributed by atoms with E-state index in [9.17, 15) is 0 Å². The van der Waals surface area contributed by atoms with E-state index in [2.05, 4.69) is 36.2 Å². The van der Waals surface area contributed by atoms with Crippen molar-refractivity contribution in [3.63, 3.8) is 0 Å². The molecule has 0 saturated carbocycles. The summed E-state index contributed by atoms with van der Waals surface area (Å²) in [4.78, 5) is 9.99. The van der Waals surface area contributed by atoms with Crippen LogP contribution in [0.3, 0.4) is 0 Å². The van der Waals surface area contributed by atoms with Crippen molar-refractivity contribution in [3.05, 3.63) is 29.8 Å². The third-order valence-corrected chi connectivity index (χ3v) is 3.43. The number of benzene rings is 1. The van der Waals surface area contributed by atoms with Crippen LogP contribution in [-0.2, 0) is 0 Å². The van der Waals surface area contributed by atoms with Crippen molar-refractivity contribution in [2.75, 3.05) is 40.5 Å². The van der Waals surface area contributed by atoms with Gasteiger partial charge in [0.05, 0.1) is 6.54 Å². The molecule has 0 aliphatic heterocycles. The minimum Gasteiger partial charge on any atom is -0.349 e. The van der Waals surface area contributed by atoms with Crippen LogP contribution < -0.4 is 0 Å². The lowest BCUT2D eigenvalue weighted by atomic mass is 10.2. The second-order valence-electron chi connectivity index (χ2n) is 4.63. The van der Waals surface area contributed by atoms with Crippen LogP contribution in [0.5, 0.6) is 0 Å². The van der Waals surface area contributed by atoms with Crippen LogP contribution in [0.4, 0.5) is 0 Å². The summed E-state index contributed by atoms with van der Waals surface area (Å²) in [6.07, 6.45) is 0. The topological polar surface area (TPSA) is 18.8 Å². The summed E-state index contributed by atoms with van der Waals surface area (Å²) < 4.78 is 0. The molecule has 1 rings (SSSR count). The molecule has 0 amide bonds. The van der Waals surface area contributed by atoms with E-state index in [0.29, 0.717) is 0 Å². The fourth-order valence-electron chi connectivity index (χ4n) is 1.63. The zero-order valence-corrected chi connectivity index (χ0v) is 12.8. The van der Waals surface area contributed by atoms with Gasteiger partial charge in [0.25, 0.3) is 0 Å². The van der Waals surface area contributed by atoms with Crippen LogP contribution in [0, 0.1) is 6.92 Å². The SMILES string of the molecule is Cc1ccc(SCCN=C(N(C)C)N(C)C)cc1. The van der Waals surface area contributed by atoms with Crippen molar-refractivity contribution >= 4 is 17.7 Å². The monoisotopic (exact) mass is 265 g/mol. The summed E-state index contributed by atoms with van der Waals surface area (Å²) in [7, 11) is 8.08. The summed E-state index contributed by atoms with van der Waals surface area (Å²) in [6, 6.07) is 8.64. The smallest absolute Gasteiger partial charge is 0.195 e. The Kier molecular flexibility index (Phi) is 6.05. The molecule has 0 unspecified atom stereocenters. The lowest BCUT2D eigenvalue weighted by molar-refractivity contribution is 0.480. The van der Waals surface area contributed by atoms with Crippen LogP contribution in [0.2, 0.25) is 0 Å². The fraction of sp³-hybridized carbons (Fsp3) is 0.500. The Hall–Kier alpha value is -1.16. The first-order valence-corrected chi connectivity index (χ1v) is 7.08. The van der Waals surface area contributed by atoms with Crippen LogP contribution in [-0.4, -0.2) is 56.2 Å². The van der Waals surface area contributed by atoms with Crippen LogP contribution in [0.15, 0.2) is 34.2 Å². The highest BCUT2D eigenvalue weighted by Gasteiger charge is 2.03. The number of thioether (sulfide) groups is 1. The van der Waals surface area contributed by atoms with E-state index in [0.717, 1.165) is 18.3 Å². The van der Waals surface area contributed by atoms with Gasteiger partial charge in [0.15, 0.2) is 5.96 Å². The van der Waals surface area contributed by atoms with E-state index in [1.807, 2.05) is 49.8 Å². The molecule has 0 aromatic heterocycles. The summed E-state index contributed by atoms with van der Waals surface area (Å²) in [5.74, 6) is 2.02. The van der Waals surface area contributed by atoms with E-state index in [1.165, 1.54) is 10.5 Å². The maximum atomic E-state index is 4.60. The lowest BCUT2D eigenvalue weighted by Gasteiger charge is -2.22. The summed E-state index contributed by atoms with van der Waals surface area (Å²) in [6.45, 7) is 2.95. The van der Waals surface area contributed by atoms with Gasteiger partial charge in [-0.2, -0.15) is 0 Å². The molecule has 100 valence electrons. The second kappa shape index (κ2) is 7.31. The molecule has 0 heterocycles. The van der Waals surface area contributed by atoms with Gasteiger partial charge < -0.3 is 9.80 Å². The quantitative estimate of drug-likeness (QED) is 0.361. The van der Waals surface area contributed by atoms with Crippen molar-refractivity contribution in [3.8, 4) is 0 Å². The molecule has 1 aromatic carbocycles. The predicted octanol–water partition coefficient (Wildman–Crippen LogP) is 2.57. The summed E-state index contributed by atoms with van der Waals surface area (Å²) in [5.41, 5.74) is 1.31. The normalized spacial score (nSPS) is 10.1. The molecule has 0 N–H and O–H groups in total. The van der Waals surface area contributed by atoms with Gasteiger partial charge in [0, 0.05) is 38.8 Å². The minimum absolute atomic E-state index is 0.838. The summed E-state index contributed by atoms with van der Waals surface area (Å²) >= 11 is 1.85. The van der Waals surface area contributed by atoms with Crippen molar-refractivity contribution in [1.29, 1.82) is 0 Å². The lowest BCUT2D eigenvalue weighted by Crippen LogP contribution is -2.35. The number of guanidine groups is 1. The van der Waals surface area contributed by atoms with Crippen LogP contribution in [0.25, 0.3) is 0 Å². The van der Waals surface area contributed by atoms with E-state index in [4.69, 9.17) is 0 Å². The van der Waals surface area contributed by atoms with Gasteiger partial charge in [-0.05, 0) is 19.1 Å². The van der Waals surface area contributed by atoms with E-state index in [1.54, 1.807) is 0 Å². The molecule has 0 fully saturated rings. The Labute approximate surface area is 115 Å². The number of nitrogens with zero attached hydrogens (tertiary/aromatic N) is 3. The van der Waals surface area contributed by atoms with Gasteiger partial charge in [-0.25, -0.2) is 0 Å². The Morgan fingerprint density at radius 3 is 2.11 bits per heavy atom. The van der Waals surface area contributed by atoms with Gasteiger partial charge in [-0.3, -0.25) is 4.99 Å². The molecule has 0 spiro atoms. The minimum atomic E-state index is 0.838. The molecule has 0 atom stereocenters. The Bertz CT molecular complexity index is 373. The highest BCUT2D eigenvalue weighted by atomic mass is 32.2. The molecule has 0 bridgehead atoms. The molecule has 18 heavy (non-hydrogen) atoms. The average Bonchev–Trinajstić information content (AvgIpc) is 2.30. The number of rotatable bonds is 4. The standard InChI is InChI=1S/C14H23N3S/c1-12-6-8-13(9-7-12)18-11-10-15-14(16(2)3)17(4)5/h6-9H,10-11H2,1-5H3. The molecule has 1 aromatic rings. The number of aliphatic imine (C=N–C) groups is 1. The highest BCUT2D eigenvalue weighted by molar-refractivity contribution is 7.99. The fourth-order valence-corrected chi connectivity index (χ4v) is 2.37. The number of aryl methyl sites for hydroxylation is 1. The number of hydrogen-bond acceptors (Lipinski definition) is 2. The number of hydrogen-bond donors (Lipinski definition) is 0. The van der Waals surface area contributed by atoms with E-state index < -0.39 is 0 Å². The predicted molar refractivity (Wildman–Crippen MR) is 81.6 cm³/mol. The van der Waals surface area contributed by atoms with Gasteiger partial charge in [-0.15, -0.1) is 11.8 Å². The first kappa shape index (κ1) is 14.9. The van der Waals surface area contributed by atoms with Crippen molar-refractivity contribution in [1.82, 2.24) is 9.80 Å². The molecule has 0 saturated heterocycles. The summed E-state index contributed by atoms with van der Waals surface area (Å²) in [5, 5.41) is 0. The zero-order chi connectivity index (χ0) is 13.5. The average molecular weight is 265 g/mol. The molecular weight excluding hydrogens is 242 g/mol. The van der Waals surface area contributed by atoms with E-state index >= 15 is 0 Å². The first-order chi connectivity index (χ1) is 8.50. The van der Waals surface area contributed by atoms with Gasteiger partial charge >= 0.3 is 0 Å². The third-order valence-electron chi connectivity index (χ3n) is 2.43. The van der Waals surface area contributed by atoms with Crippen LogP contribution >= 0.6 is 11.8 Å². The van der Waals surface area contributed by atoms with Crippen LogP contribution in [0.1, 0.15) is 5.56 Å². The van der Waals surface area contributed by atoms with Gasteiger partial charge in [0.2, 0.25) is 0 Å². The van der Waals surface area contributed by atoms with Crippen molar-refractivity contribution in [2.45, 2.75) is 11.8 Å².